The Morgan fingerprint density at radius 2 is 1.51 bits per heavy atom. The second kappa shape index (κ2) is 11.5. The SMILES string of the molecule is CN(C(=O)c1ccc(NC(=O)c2cc(Br)ccc2OCCc2ccccc2)cc1)c1ccccc1. The van der Waals surface area contributed by atoms with Crippen LogP contribution in [0.15, 0.2) is 108 Å². The van der Waals surface area contributed by atoms with Gasteiger partial charge in [-0.2, -0.15) is 0 Å². The minimum Gasteiger partial charge on any atom is -0.492 e. The molecule has 0 atom stereocenters. The summed E-state index contributed by atoms with van der Waals surface area (Å²) in [6, 6.07) is 31.7. The van der Waals surface area contributed by atoms with E-state index >= 15 is 0 Å². The van der Waals surface area contributed by atoms with Crippen LogP contribution >= 0.6 is 15.9 Å². The Hall–Kier alpha value is -3.90. The molecular formula is C29H25BrN2O3. The number of nitrogens with one attached hydrogen (secondary N) is 1. The highest BCUT2D eigenvalue weighted by Gasteiger charge is 2.16. The standard InChI is InChI=1S/C29H25BrN2O3/c1-32(25-10-6-3-7-11-25)29(34)22-12-15-24(16-13-22)31-28(33)26-20-23(30)14-17-27(26)35-19-18-21-8-4-2-5-9-21/h2-17,20H,18-19H2,1H3,(H,31,33). The third-order valence-corrected chi connectivity index (χ3v) is 6.01. The number of para-hydroxylation sites is 1. The molecule has 5 nitrogen and oxygen atoms in total. The zero-order valence-electron chi connectivity index (χ0n) is 19.3. The summed E-state index contributed by atoms with van der Waals surface area (Å²) in [6.45, 7) is 0.456. The van der Waals surface area contributed by atoms with Gasteiger partial charge in [0.25, 0.3) is 11.8 Å². The largest absolute Gasteiger partial charge is 0.492 e. The molecule has 0 heterocycles. The molecule has 0 bridgehead atoms. The summed E-state index contributed by atoms with van der Waals surface area (Å²) < 4.78 is 6.72. The Labute approximate surface area is 213 Å². The van der Waals surface area contributed by atoms with E-state index in [0.29, 0.717) is 29.2 Å². The molecule has 0 saturated heterocycles. The first-order valence-electron chi connectivity index (χ1n) is 11.2. The van der Waals surface area contributed by atoms with Crippen molar-refractivity contribution in [3.63, 3.8) is 0 Å². The molecule has 0 aliphatic rings. The van der Waals surface area contributed by atoms with Gasteiger partial charge in [-0.1, -0.05) is 64.5 Å². The number of hydrogen-bond donors (Lipinski definition) is 1. The highest BCUT2D eigenvalue weighted by Crippen LogP contribution is 2.25. The number of ether oxygens (including phenoxy) is 1. The van der Waals surface area contributed by atoms with Crippen LogP contribution in [-0.4, -0.2) is 25.5 Å². The van der Waals surface area contributed by atoms with Gasteiger partial charge in [-0.3, -0.25) is 9.59 Å². The molecule has 0 spiro atoms. The molecule has 0 unspecified atom stereocenters. The molecule has 4 aromatic carbocycles. The molecule has 0 saturated carbocycles. The Bertz CT molecular complexity index is 1290. The normalized spacial score (nSPS) is 10.5. The molecule has 4 rings (SSSR count). The number of benzene rings is 4. The van der Waals surface area contributed by atoms with Crippen molar-refractivity contribution in [2.75, 3.05) is 23.9 Å². The molecular weight excluding hydrogens is 504 g/mol. The molecule has 176 valence electrons. The van der Waals surface area contributed by atoms with Gasteiger partial charge in [0.1, 0.15) is 5.75 Å². The lowest BCUT2D eigenvalue weighted by molar-refractivity contribution is 0.0991. The average Bonchev–Trinajstić information content (AvgIpc) is 2.90. The summed E-state index contributed by atoms with van der Waals surface area (Å²) in [6.07, 6.45) is 0.741. The van der Waals surface area contributed by atoms with Crippen molar-refractivity contribution in [1.82, 2.24) is 0 Å². The van der Waals surface area contributed by atoms with Crippen LogP contribution in [-0.2, 0) is 6.42 Å². The Balaban J connectivity index is 1.42. The summed E-state index contributed by atoms with van der Waals surface area (Å²) in [5.74, 6) is 0.0922. The van der Waals surface area contributed by atoms with Crippen molar-refractivity contribution in [2.24, 2.45) is 0 Å². The third-order valence-electron chi connectivity index (χ3n) is 5.52. The topological polar surface area (TPSA) is 58.6 Å². The molecule has 0 aliphatic heterocycles. The van der Waals surface area contributed by atoms with Gasteiger partial charge >= 0.3 is 0 Å². The highest BCUT2D eigenvalue weighted by molar-refractivity contribution is 9.10. The smallest absolute Gasteiger partial charge is 0.259 e. The van der Waals surface area contributed by atoms with Crippen molar-refractivity contribution in [3.8, 4) is 5.75 Å². The summed E-state index contributed by atoms with van der Waals surface area (Å²) in [7, 11) is 1.74. The Morgan fingerprint density at radius 3 is 2.20 bits per heavy atom. The molecule has 6 heteroatoms. The van der Waals surface area contributed by atoms with Crippen molar-refractivity contribution in [3.05, 3.63) is 124 Å². The Kier molecular flexibility index (Phi) is 7.95. The monoisotopic (exact) mass is 528 g/mol. The maximum Gasteiger partial charge on any atom is 0.259 e. The van der Waals surface area contributed by atoms with Crippen LogP contribution in [0.1, 0.15) is 26.3 Å². The van der Waals surface area contributed by atoms with E-state index in [1.807, 2.05) is 66.7 Å². The van der Waals surface area contributed by atoms with E-state index in [0.717, 1.165) is 16.6 Å². The zero-order valence-corrected chi connectivity index (χ0v) is 20.9. The molecule has 0 aromatic heterocycles. The fourth-order valence-corrected chi connectivity index (χ4v) is 3.95. The molecule has 2 amide bonds. The number of carbonyl (C=O) groups excluding carboxylic acids is 2. The minimum atomic E-state index is -0.290. The lowest BCUT2D eigenvalue weighted by atomic mass is 10.1. The first-order chi connectivity index (χ1) is 17.0. The number of hydrogen-bond acceptors (Lipinski definition) is 3. The van der Waals surface area contributed by atoms with Crippen LogP contribution < -0.4 is 15.0 Å². The van der Waals surface area contributed by atoms with E-state index in [-0.39, 0.29) is 11.8 Å². The highest BCUT2D eigenvalue weighted by atomic mass is 79.9. The Morgan fingerprint density at radius 1 is 0.857 bits per heavy atom. The van der Waals surface area contributed by atoms with Crippen LogP contribution in [0.2, 0.25) is 0 Å². The molecule has 4 aromatic rings. The van der Waals surface area contributed by atoms with E-state index in [4.69, 9.17) is 4.74 Å². The quantitative estimate of drug-likeness (QED) is 0.280. The molecule has 35 heavy (non-hydrogen) atoms. The van der Waals surface area contributed by atoms with Crippen molar-refractivity contribution in [2.45, 2.75) is 6.42 Å². The predicted octanol–water partition coefficient (Wildman–Crippen LogP) is 6.60. The van der Waals surface area contributed by atoms with Gasteiger partial charge in [0, 0.05) is 34.9 Å². The number of carbonyl (C=O) groups is 2. The fourth-order valence-electron chi connectivity index (χ4n) is 3.59. The molecule has 0 aliphatic carbocycles. The van der Waals surface area contributed by atoms with E-state index in [1.165, 1.54) is 5.56 Å². The van der Waals surface area contributed by atoms with Gasteiger partial charge in [0.2, 0.25) is 0 Å². The summed E-state index contributed by atoms with van der Waals surface area (Å²) in [5.41, 5.74) is 3.52. The lowest BCUT2D eigenvalue weighted by Gasteiger charge is -2.17. The van der Waals surface area contributed by atoms with E-state index in [2.05, 4.69) is 21.2 Å². The van der Waals surface area contributed by atoms with Crippen molar-refractivity contribution in [1.29, 1.82) is 0 Å². The maximum atomic E-state index is 13.0. The van der Waals surface area contributed by atoms with Gasteiger partial charge < -0.3 is 15.0 Å². The first-order valence-corrected chi connectivity index (χ1v) is 12.0. The van der Waals surface area contributed by atoms with Crippen molar-refractivity contribution >= 4 is 39.1 Å². The van der Waals surface area contributed by atoms with E-state index < -0.39 is 0 Å². The number of halogens is 1. The van der Waals surface area contributed by atoms with Crippen LogP contribution in [0.3, 0.4) is 0 Å². The second-order valence-corrected chi connectivity index (χ2v) is 8.87. The molecule has 1 N–H and O–H groups in total. The number of nitrogens with zero attached hydrogens (tertiary/aromatic N) is 1. The first kappa shape index (κ1) is 24.2. The summed E-state index contributed by atoms with van der Waals surface area (Å²) >= 11 is 3.44. The number of rotatable bonds is 8. The van der Waals surface area contributed by atoms with Gasteiger partial charge in [0.05, 0.1) is 12.2 Å². The van der Waals surface area contributed by atoms with E-state index in [9.17, 15) is 9.59 Å². The maximum absolute atomic E-state index is 13.0. The van der Waals surface area contributed by atoms with Gasteiger partial charge in [-0.15, -0.1) is 0 Å². The lowest BCUT2D eigenvalue weighted by Crippen LogP contribution is -2.26. The van der Waals surface area contributed by atoms with Crippen molar-refractivity contribution < 1.29 is 14.3 Å². The molecule has 0 fully saturated rings. The van der Waals surface area contributed by atoms with Crippen LogP contribution in [0.4, 0.5) is 11.4 Å². The third kappa shape index (κ3) is 6.37. The van der Waals surface area contributed by atoms with Crippen LogP contribution in [0.5, 0.6) is 5.75 Å². The second-order valence-electron chi connectivity index (χ2n) is 7.96. The zero-order chi connectivity index (χ0) is 24.6. The number of anilines is 2. The summed E-state index contributed by atoms with van der Waals surface area (Å²) in [4.78, 5) is 27.4. The van der Waals surface area contributed by atoms with Gasteiger partial charge in [-0.25, -0.2) is 0 Å². The minimum absolute atomic E-state index is 0.129. The van der Waals surface area contributed by atoms with Gasteiger partial charge in [0.15, 0.2) is 0 Å². The fraction of sp³-hybridized carbons (Fsp3) is 0.103. The summed E-state index contributed by atoms with van der Waals surface area (Å²) in [5, 5.41) is 2.90. The van der Waals surface area contributed by atoms with Crippen LogP contribution in [0, 0.1) is 0 Å². The van der Waals surface area contributed by atoms with Gasteiger partial charge in [-0.05, 0) is 60.2 Å². The average molecular weight is 529 g/mol. The number of amides is 2. The molecule has 0 radical (unpaired) electrons. The van der Waals surface area contributed by atoms with E-state index in [1.54, 1.807) is 48.3 Å². The van der Waals surface area contributed by atoms with Crippen LogP contribution in [0.25, 0.3) is 0 Å². The predicted molar refractivity (Wildman–Crippen MR) is 143 cm³/mol.